The molecule has 0 bridgehead atoms. The lowest BCUT2D eigenvalue weighted by molar-refractivity contribution is 0.660. The van der Waals surface area contributed by atoms with Gasteiger partial charge in [-0.2, -0.15) is 0 Å². The van der Waals surface area contributed by atoms with Gasteiger partial charge in [-0.25, -0.2) is 0 Å². The van der Waals surface area contributed by atoms with Crippen LogP contribution >= 0.6 is 0 Å². The monoisotopic (exact) mass is 827 g/mol. The molecular weight excluding hydrogens is 783 g/mol. The second kappa shape index (κ2) is 14.3. The van der Waals surface area contributed by atoms with E-state index in [1.54, 1.807) is 0 Å². The first kappa shape index (κ1) is 37.5. The summed E-state index contributed by atoms with van der Waals surface area (Å²) in [6.45, 7) is 4.77. The van der Waals surface area contributed by atoms with Gasteiger partial charge in [0.2, 0.25) is 0 Å². The molecule has 0 heterocycles. The van der Waals surface area contributed by atoms with Gasteiger partial charge >= 0.3 is 0 Å². The third-order valence-corrected chi connectivity index (χ3v) is 14.7. The zero-order valence-corrected chi connectivity index (χ0v) is 36.5. The van der Waals surface area contributed by atoms with Crippen LogP contribution in [0.2, 0.25) is 0 Å². The van der Waals surface area contributed by atoms with Crippen LogP contribution in [0.5, 0.6) is 0 Å². The quantitative estimate of drug-likeness (QED) is 0.161. The van der Waals surface area contributed by atoms with E-state index < -0.39 is 5.41 Å². The summed E-state index contributed by atoms with van der Waals surface area (Å²) in [5.74, 6) is 0. The average molecular weight is 828 g/mol. The van der Waals surface area contributed by atoms with Crippen molar-refractivity contribution in [3.05, 3.63) is 270 Å². The van der Waals surface area contributed by atoms with Crippen molar-refractivity contribution < 1.29 is 0 Å². The maximum Gasteiger partial charge on any atom is 0.0726 e. The SMILES string of the molecule is CC1(C)c2ccccc2-c2ccc(N(c3ccc(-c4ccccc4)cc3-c3ccccc3)c3cccc4c3-c3ccc(-c5ccccc5)cc3C43c4ccccc4-c4ccccc43)cc21. The van der Waals surface area contributed by atoms with Crippen molar-refractivity contribution in [1.82, 2.24) is 0 Å². The van der Waals surface area contributed by atoms with Crippen LogP contribution in [0.15, 0.2) is 237 Å². The molecule has 1 spiro atoms. The molecule has 0 fully saturated rings. The smallest absolute Gasteiger partial charge is 0.0726 e. The summed E-state index contributed by atoms with van der Waals surface area (Å²) in [5, 5.41) is 0. The zero-order valence-electron chi connectivity index (χ0n) is 36.5. The highest BCUT2D eigenvalue weighted by Crippen LogP contribution is 2.65. The molecule has 1 heteroatoms. The number of nitrogens with zero attached hydrogens (tertiary/aromatic N) is 1. The van der Waals surface area contributed by atoms with Gasteiger partial charge in [0.05, 0.1) is 16.8 Å². The standard InChI is InChI=1S/C64H45N/c1-63(2)54-28-15-12-25-48(54)51-37-35-47(41-58(51)63)65(60-38-34-45(42-19-6-3-7-20-42)39-53(60)44-23-10-5-11-24-44)61-32-18-31-57-62(61)52-36-33-46(43-21-8-4-9-22-43)40-59(52)64(57)55-29-16-13-26-49(55)50-27-14-17-30-56(50)64/h3-41H,1-2H3. The predicted octanol–water partition coefficient (Wildman–Crippen LogP) is 16.8. The zero-order chi connectivity index (χ0) is 43.3. The Morgan fingerprint density at radius 3 is 1.42 bits per heavy atom. The first-order chi connectivity index (χ1) is 32.0. The summed E-state index contributed by atoms with van der Waals surface area (Å²) >= 11 is 0. The van der Waals surface area contributed by atoms with Gasteiger partial charge in [0.1, 0.15) is 0 Å². The molecular formula is C64H45N. The van der Waals surface area contributed by atoms with Crippen molar-refractivity contribution in [2.24, 2.45) is 0 Å². The molecule has 0 saturated carbocycles. The summed E-state index contributed by atoms with van der Waals surface area (Å²) in [7, 11) is 0. The first-order valence-corrected chi connectivity index (χ1v) is 22.8. The third kappa shape index (κ3) is 5.39. The van der Waals surface area contributed by atoms with E-state index in [1.807, 2.05) is 0 Å². The number of hydrogen-bond acceptors (Lipinski definition) is 1. The molecule has 0 saturated heterocycles. The highest BCUT2D eigenvalue weighted by molar-refractivity contribution is 6.03. The van der Waals surface area contributed by atoms with Gasteiger partial charge in [-0.15, -0.1) is 0 Å². The summed E-state index contributed by atoms with van der Waals surface area (Å²) in [6, 6.07) is 88.4. The largest absolute Gasteiger partial charge is 0.309 e. The molecule has 0 N–H and O–H groups in total. The Morgan fingerprint density at radius 1 is 0.277 bits per heavy atom. The molecule has 3 aliphatic carbocycles. The molecule has 65 heavy (non-hydrogen) atoms. The summed E-state index contributed by atoms with van der Waals surface area (Å²) in [6.07, 6.45) is 0. The fraction of sp³-hybridized carbons (Fsp3) is 0.0625. The van der Waals surface area contributed by atoms with Crippen molar-refractivity contribution in [1.29, 1.82) is 0 Å². The Balaban J connectivity index is 1.14. The van der Waals surface area contributed by atoms with Crippen LogP contribution in [-0.2, 0) is 10.8 Å². The minimum Gasteiger partial charge on any atom is -0.309 e. The Morgan fingerprint density at radius 2 is 0.769 bits per heavy atom. The molecule has 306 valence electrons. The molecule has 0 radical (unpaired) electrons. The van der Waals surface area contributed by atoms with Gasteiger partial charge in [-0.1, -0.05) is 214 Å². The molecule has 13 rings (SSSR count). The van der Waals surface area contributed by atoms with Crippen LogP contribution < -0.4 is 4.90 Å². The molecule has 10 aromatic carbocycles. The Labute approximate surface area is 381 Å². The summed E-state index contributed by atoms with van der Waals surface area (Å²) in [4.78, 5) is 2.58. The lowest BCUT2D eigenvalue weighted by Gasteiger charge is -2.33. The Bertz CT molecular complexity index is 3460. The molecule has 0 unspecified atom stereocenters. The number of hydrogen-bond donors (Lipinski definition) is 0. The number of fused-ring (bicyclic) bond motifs is 13. The van der Waals surface area contributed by atoms with Gasteiger partial charge in [-0.3, -0.25) is 0 Å². The highest BCUT2D eigenvalue weighted by atomic mass is 15.1. The topological polar surface area (TPSA) is 3.24 Å². The molecule has 0 amide bonds. The normalized spacial score (nSPS) is 13.9. The molecule has 10 aromatic rings. The summed E-state index contributed by atoms with van der Waals surface area (Å²) < 4.78 is 0. The van der Waals surface area contributed by atoms with E-state index in [-0.39, 0.29) is 5.41 Å². The van der Waals surface area contributed by atoms with Crippen molar-refractivity contribution in [3.8, 4) is 66.8 Å². The number of anilines is 3. The number of benzene rings is 10. The van der Waals surface area contributed by atoms with Crippen molar-refractivity contribution >= 4 is 17.1 Å². The minimum absolute atomic E-state index is 0.173. The van der Waals surface area contributed by atoms with Gasteiger partial charge in [0, 0.05) is 22.2 Å². The van der Waals surface area contributed by atoms with Crippen LogP contribution in [0.4, 0.5) is 17.1 Å². The highest BCUT2D eigenvalue weighted by Gasteiger charge is 2.52. The average Bonchev–Trinajstić information content (AvgIpc) is 3.93. The molecule has 0 aromatic heterocycles. The second-order valence-corrected chi connectivity index (χ2v) is 18.4. The lowest BCUT2D eigenvalue weighted by Crippen LogP contribution is -2.26. The fourth-order valence-electron chi connectivity index (χ4n) is 11.8. The number of rotatable bonds is 6. The molecule has 0 atom stereocenters. The Hall–Kier alpha value is -8.00. The van der Waals surface area contributed by atoms with Crippen molar-refractivity contribution in [2.75, 3.05) is 4.90 Å². The van der Waals surface area contributed by atoms with Crippen LogP contribution in [0.25, 0.3) is 66.8 Å². The maximum absolute atomic E-state index is 2.58. The van der Waals surface area contributed by atoms with E-state index in [4.69, 9.17) is 0 Å². The third-order valence-electron chi connectivity index (χ3n) is 14.7. The van der Waals surface area contributed by atoms with E-state index in [0.717, 1.165) is 17.1 Å². The second-order valence-electron chi connectivity index (χ2n) is 18.4. The van der Waals surface area contributed by atoms with Gasteiger partial charge < -0.3 is 4.90 Å². The fourth-order valence-corrected chi connectivity index (χ4v) is 11.8. The van der Waals surface area contributed by atoms with E-state index >= 15 is 0 Å². The lowest BCUT2D eigenvalue weighted by atomic mass is 9.70. The van der Waals surface area contributed by atoms with Crippen LogP contribution in [0, 0.1) is 0 Å². The van der Waals surface area contributed by atoms with Gasteiger partial charge in [0.25, 0.3) is 0 Å². The summed E-state index contributed by atoms with van der Waals surface area (Å²) in [5.41, 5.74) is 25.7. The van der Waals surface area contributed by atoms with Crippen molar-refractivity contribution in [3.63, 3.8) is 0 Å². The molecule has 0 aliphatic heterocycles. The molecule has 1 nitrogen and oxygen atoms in total. The van der Waals surface area contributed by atoms with E-state index in [2.05, 4.69) is 255 Å². The van der Waals surface area contributed by atoms with Crippen LogP contribution in [0.1, 0.15) is 47.2 Å². The van der Waals surface area contributed by atoms with E-state index in [1.165, 1.54) is 100 Å². The molecule has 3 aliphatic rings. The van der Waals surface area contributed by atoms with Gasteiger partial charge in [-0.05, 0) is 125 Å². The first-order valence-electron chi connectivity index (χ1n) is 22.8. The van der Waals surface area contributed by atoms with E-state index in [9.17, 15) is 0 Å². The van der Waals surface area contributed by atoms with Gasteiger partial charge in [0.15, 0.2) is 0 Å². The maximum atomic E-state index is 2.58. The predicted molar refractivity (Wildman–Crippen MR) is 271 cm³/mol. The van der Waals surface area contributed by atoms with Crippen molar-refractivity contribution in [2.45, 2.75) is 24.7 Å². The Kier molecular flexibility index (Phi) is 8.24. The minimum atomic E-state index is -0.522. The van der Waals surface area contributed by atoms with E-state index in [0.29, 0.717) is 0 Å². The van der Waals surface area contributed by atoms with Crippen LogP contribution in [-0.4, -0.2) is 0 Å². The van der Waals surface area contributed by atoms with Crippen LogP contribution in [0.3, 0.4) is 0 Å².